The average molecular weight is 201 g/mol. The van der Waals surface area contributed by atoms with Crippen molar-refractivity contribution in [3.63, 3.8) is 0 Å². The van der Waals surface area contributed by atoms with Crippen molar-refractivity contribution in [2.45, 2.75) is 57.8 Å². The van der Waals surface area contributed by atoms with Gasteiger partial charge in [0.25, 0.3) is 0 Å². The molecule has 1 saturated heterocycles. The van der Waals surface area contributed by atoms with Crippen LogP contribution in [0.5, 0.6) is 0 Å². The fraction of sp³-hybridized carbons (Fsp3) is 1.00. The molecule has 0 aromatic heterocycles. The smallest absolute Gasteiger partial charge is 0.0707 e. The summed E-state index contributed by atoms with van der Waals surface area (Å²) in [7, 11) is 0. The normalized spacial score (nSPS) is 27.9. The lowest BCUT2D eigenvalue weighted by molar-refractivity contribution is -0.0143. The highest BCUT2D eigenvalue weighted by atomic mass is 16.5. The molecule has 1 rings (SSSR count). The third-order valence-corrected chi connectivity index (χ3v) is 2.66. The molecule has 0 radical (unpaired) electrons. The summed E-state index contributed by atoms with van der Waals surface area (Å²) in [6.07, 6.45) is 3.27. The minimum Gasteiger partial charge on any atom is -0.393 e. The molecular formula is C11H23NO2. The van der Waals surface area contributed by atoms with Crippen molar-refractivity contribution >= 4 is 0 Å². The van der Waals surface area contributed by atoms with E-state index in [1.54, 1.807) is 0 Å². The van der Waals surface area contributed by atoms with Crippen LogP contribution in [-0.4, -0.2) is 36.0 Å². The van der Waals surface area contributed by atoms with Crippen molar-refractivity contribution in [3.8, 4) is 0 Å². The second-order valence-corrected chi connectivity index (χ2v) is 4.88. The topological polar surface area (TPSA) is 41.5 Å². The second kappa shape index (κ2) is 5.10. The number of aliphatic hydroxyl groups is 1. The molecule has 3 heteroatoms. The summed E-state index contributed by atoms with van der Waals surface area (Å²) in [6.45, 7) is 7.89. The van der Waals surface area contributed by atoms with E-state index in [9.17, 15) is 0 Å². The Balaban J connectivity index is 2.03. The minimum atomic E-state index is -0.205. The van der Waals surface area contributed by atoms with E-state index in [-0.39, 0.29) is 11.7 Å². The Morgan fingerprint density at radius 1 is 1.57 bits per heavy atom. The maximum Gasteiger partial charge on any atom is 0.0707 e. The van der Waals surface area contributed by atoms with Crippen molar-refractivity contribution in [3.05, 3.63) is 0 Å². The first kappa shape index (κ1) is 12.0. The van der Waals surface area contributed by atoms with Gasteiger partial charge in [-0.1, -0.05) is 0 Å². The summed E-state index contributed by atoms with van der Waals surface area (Å²) in [5.41, 5.74) is 0.0661. The van der Waals surface area contributed by atoms with Gasteiger partial charge in [-0.2, -0.15) is 0 Å². The minimum absolute atomic E-state index is 0.0661. The fourth-order valence-electron chi connectivity index (χ4n) is 1.80. The quantitative estimate of drug-likeness (QED) is 0.659. The molecule has 0 bridgehead atoms. The maximum atomic E-state index is 9.06. The molecule has 0 aromatic carbocycles. The molecular weight excluding hydrogens is 178 g/mol. The van der Waals surface area contributed by atoms with Gasteiger partial charge in [0.05, 0.1) is 17.8 Å². The SMILES string of the molecule is CC(O)CCNCC1CCC(C)(C)O1. The van der Waals surface area contributed by atoms with Gasteiger partial charge in [-0.3, -0.25) is 0 Å². The van der Waals surface area contributed by atoms with E-state index in [0.717, 1.165) is 32.4 Å². The predicted molar refractivity (Wildman–Crippen MR) is 57.4 cm³/mol. The van der Waals surface area contributed by atoms with Crippen LogP contribution >= 0.6 is 0 Å². The maximum absolute atomic E-state index is 9.06. The van der Waals surface area contributed by atoms with Gasteiger partial charge in [0.15, 0.2) is 0 Å². The van der Waals surface area contributed by atoms with Crippen LogP contribution in [0.15, 0.2) is 0 Å². The number of rotatable bonds is 5. The molecule has 1 aliphatic rings. The molecule has 0 aliphatic carbocycles. The van der Waals surface area contributed by atoms with Crippen LogP contribution in [0, 0.1) is 0 Å². The first-order chi connectivity index (χ1) is 6.49. The highest BCUT2D eigenvalue weighted by Gasteiger charge is 2.30. The van der Waals surface area contributed by atoms with E-state index in [4.69, 9.17) is 9.84 Å². The summed E-state index contributed by atoms with van der Waals surface area (Å²) in [4.78, 5) is 0. The van der Waals surface area contributed by atoms with Gasteiger partial charge in [0.1, 0.15) is 0 Å². The van der Waals surface area contributed by atoms with Gasteiger partial charge in [0.2, 0.25) is 0 Å². The molecule has 0 amide bonds. The van der Waals surface area contributed by atoms with E-state index < -0.39 is 0 Å². The molecule has 2 atom stereocenters. The Kier molecular flexibility index (Phi) is 4.35. The average Bonchev–Trinajstić information content (AvgIpc) is 2.39. The van der Waals surface area contributed by atoms with E-state index in [0.29, 0.717) is 6.10 Å². The highest BCUT2D eigenvalue weighted by Crippen LogP contribution is 2.28. The molecule has 1 aliphatic heterocycles. The first-order valence-electron chi connectivity index (χ1n) is 5.56. The lowest BCUT2D eigenvalue weighted by Gasteiger charge is -2.19. The van der Waals surface area contributed by atoms with Crippen LogP contribution in [0.3, 0.4) is 0 Å². The van der Waals surface area contributed by atoms with Crippen LogP contribution in [0.1, 0.15) is 40.0 Å². The zero-order valence-corrected chi connectivity index (χ0v) is 9.55. The van der Waals surface area contributed by atoms with E-state index >= 15 is 0 Å². The van der Waals surface area contributed by atoms with E-state index in [2.05, 4.69) is 19.2 Å². The van der Waals surface area contributed by atoms with Crippen LogP contribution in [-0.2, 0) is 4.74 Å². The summed E-state index contributed by atoms with van der Waals surface area (Å²) in [5.74, 6) is 0. The second-order valence-electron chi connectivity index (χ2n) is 4.88. The molecule has 1 fully saturated rings. The zero-order chi connectivity index (χ0) is 10.6. The summed E-state index contributed by atoms with van der Waals surface area (Å²) in [6, 6.07) is 0. The lowest BCUT2D eigenvalue weighted by atomic mass is 10.1. The predicted octanol–water partition coefficient (Wildman–Crippen LogP) is 1.30. The van der Waals surface area contributed by atoms with Gasteiger partial charge in [0, 0.05) is 6.54 Å². The van der Waals surface area contributed by atoms with Crippen molar-refractivity contribution in [1.82, 2.24) is 5.32 Å². The molecule has 3 nitrogen and oxygen atoms in total. The molecule has 0 aromatic rings. The van der Waals surface area contributed by atoms with E-state index in [1.807, 2.05) is 6.92 Å². The van der Waals surface area contributed by atoms with Gasteiger partial charge >= 0.3 is 0 Å². The molecule has 0 saturated carbocycles. The number of hydrogen-bond acceptors (Lipinski definition) is 3. The van der Waals surface area contributed by atoms with Gasteiger partial charge in [-0.05, 0) is 46.6 Å². The Hall–Kier alpha value is -0.120. The van der Waals surface area contributed by atoms with Crippen LogP contribution < -0.4 is 5.32 Å². The molecule has 2 N–H and O–H groups in total. The number of ether oxygens (including phenoxy) is 1. The van der Waals surface area contributed by atoms with Crippen molar-refractivity contribution in [2.24, 2.45) is 0 Å². The number of nitrogens with one attached hydrogen (secondary N) is 1. The van der Waals surface area contributed by atoms with Gasteiger partial charge < -0.3 is 15.2 Å². The standard InChI is InChI=1S/C11H23NO2/c1-9(13)5-7-12-8-10-4-6-11(2,3)14-10/h9-10,12-13H,4-8H2,1-3H3. The molecule has 14 heavy (non-hydrogen) atoms. The van der Waals surface area contributed by atoms with Crippen molar-refractivity contribution in [2.75, 3.05) is 13.1 Å². The summed E-state index contributed by atoms with van der Waals surface area (Å²) < 4.78 is 5.83. The number of aliphatic hydroxyl groups excluding tert-OH is 1. The summed E-state index contributed by atoms with van der Waals surface area (Å²) >= 11 is 0. The van der Waals surface area contributed by atoms with Crippen LogP contribution in [0.2, 0.25) is 0 Å². The zero-order valence-electron chi connectivity index (χ0n) is 9.55. The monoisotopic (exact) mass is 201 g/mol. The Morgan fingerprint density at radius 3 is 2.79 bits per heavy atom. The van der Waals surface area contributed by atoms with E-state index in [1.165, 1.54) is 0 Å². The van der Waals surface area contributed by atoms with Crippen molar-refractivity contribution < 1.29 is 9.84 Å². The summed E-state index contributed by atoms with van der Waals surface area (Å²) in [5, 5.41) is 12.4. The van der Waals surface area contributed by atoms with Crippen LogP contribution in [0.25, 0.3) is 0 Å². The van der Waals surface area contributed by atoms with Crippen molar-refractivity contribution in [1.29, 1.82) is 0 Å². The third-order valence-electron chi connectivity index (χ3n) is 2.66. The molecule has 1 heterocycles. The highest BCUT2D eigenvalue weighted by molar-refractivity contribution is 4.81. The fourth-order valence-corrected chi connectivity index (χ4v) is 1.80. The molecule has 2 unspecified atom stereocenters. The Labute approximate surface area is 86.8 Å². The van der Waals surface area contributed by atoms with Gasteiger partial charge in [-0.15, -0.1) is 0 Å². The Bertz CT molecular complexity index is 169. The van der Waals surface area contributed by atoms with Crippen LogP contribution in [0.4, 0.5) is 0 Å². The number of hydrogen-bond donors (Lipinski definition) is 2. The molecule has 0 spiro atoms. The first-order valence-corrected chi connectivity index (χ1v) is 5.56. The Morgan fingerprint density at radius 2 is 2.29 bits per heavy atom. The van der Waals surface area contributed by atoms with Gasteiger partial charge in [-0.25, -0.2) is 0 Å². The lowest BCUT2D eigenvalue weighted by Crippen LogP contribution is -2.30. The third kappa shape index (κ3) is 4.40. The largest absolute Gasteiger partial charge is 0.393 e. The molecule has 84 valence electrons.